The summed E-state index contributed by atoms with van der Waals surface area (Å²) in [6.45, 7) is 4.80. The lowest BCUT2D eigenvalue weighted by molar-refractivity contribution is -0.127. The second kappa shape index (κ2) is 10.1. The summed E-state index contributed by atoms with van der Waals surface area (Å²) < 4.78 is 20.6. The summed E-state index contributed by atoms with van der Waals surface area (Å²) in [5.74, 6) is 0.316. The van der Waals surface area contributed by atoms with E-state index in [4.69, 9.17) is 10.1 Å². The molecule has 3 aromatic rings. The normalized spacial score (nSPS) is 15.5. The van der Waals surface area contributed by atoms with Gasteiger partial charge in [0.15, 0.2) is 0 Å². The Bertz CT molecular complexity index is 1170. The maximum atomic E-state index is 14.9. The number of para-hydroxylation sites is 1. The highest BCUT2D eigenvalue weighted by atomic mass is 19.1. The molecule has 1 aliphatic rings. The number of nitrogens with one attached hydrogen (secondary N) is 2. The van der Waals surface area contributed by atoms with Crippen LogP contribution in [0.3, 0.4) is 0 Å². The minimum atomic E-state index is -0.552. The number of likely N-dealkylation sites (tertiary alicyclic amines) is 1. The first-order valence-electron chi connectivity index (χ1n) is 10.8. The van der Waals surface area contributed by atoms with E-state index in [2.05, 4.69) is 16.9 Å². The van der Waals surface area contributed by atoms with Crippen molar-refractivity contribution >= 4 is 17.3 Å². The Morgan fingerprint density at radius 2 is 2.00 bits per heavy atom. The van der Waals surface area contributed by atoms with Gasteiger partial charge in [0.25, 0.3) is 0 Å². The Kier molecular flexibility index (Phi) is 6.78. The number of piperidine rings is 1. The maximum Gasteiger partial charge on any atom is 0.246 e. The monoisotopic (exact) mass is 444 g/mol. The maximum absolute atomic E-state index is 14.9. The fourth-order valence-electron chi connectivity index (χ4n) is 3.90. The van der Waals surface area contributed by atoms with E-state index in [1.165, 1.54) is 18.2 Å². The lowest BCUT2D eigenvalue weighted by atomic mass is 10.00. The summed E-state index contributed by atoms with van der Waals surface area (Å²) in [6, 6.07) is 15.4. The first-order chi connectivity index (χ1) is 16.0. The second-order valence-corrected chi connectivity index (χ2v) is 7.82. The van der Waals surface area contributed by atoms with Crippen molar-refractivity contribution in [3.05, 3.63) is 96.6 Å². The molecule has 0 spiro atoms. The predicted octanol–water partition coefficient (Wildman–Crippen LogP) is 5.02. The van der Waals surface area contributed by atoms with Crippen LogP contribution in [-0.2, 0) is 4.79 Å². The highest BCUT2D eigenvalue weighted by Crippen LogP contribution is 2.27. The number of carbonyl (C=O) groups is 1. The molecular formula is C26H25FN4O2. The largest absolute Gasteiger partial charge is 0.457 e. The Hall–Kier alpha value is -4.00. The van der Waals surface area contributed by atoms with Crippen LogP contribution in [-0.4, -0.2) is 40.6 Å². The van der Waals surface area contributed by atoms with Crippen molar-refractivity contribution in [3.8, 4) is 11.5 Å². The zero-order valence-corrected chi connectivity index (χ0v) is 18.1. The van der Waals surface area contributed by atoms with Crippen molar-refractivity contribution in [1.29, 1.82) is 5.41 Å². The van der Waals surface area contributed by atoms with Gasteiger partial charge in [-0.25, -0.2) is 4.39 Å². The van der Waals surface area contributed by atoms with E-state index in [9.17, 15) is 9.18 Å². The molecule has 168 valence electrons. The molecule has 2 N–H and O–H groups in total. The van der Waals surface area contributed by atoms with Crippen molar-refractivity contribution in [2.45, 2.75) is 18.9 Å². The topological polar surface area (TPSA) is 78.3 Å². The number of halogens is 1. The lowest BCUT2D eigenvalue weighted by Crippen LogP contribution is -2.44. The highest BCUT2D eigenvalue weighted by molar-refractivity contribution is 6.14. The van der Waals surface area contributed by atoms with Gasteiger partial charge in [-0.3, -0.25) is 15.2 Å². The fraction of sp³-hybridized carbons (Fsp3) is 0.192. The van der Waals surface area contributed by atoms with Crippen LogP contribution in [0.1, 0.15) is 24.0 Å². The third-order valence-corrected chi connectivity index (χ3v) is 5.55. The molecule has 0 radical (unpaired) electrons. The van der Waals surface area contributed by atoms with Crippen molar-refractivity contribution < 1.29 is 13.9 Å². The van der Waals surface area contributed by atoms with Gasteiger partial charge in [0.2, 0.25) is 5.91 Å². The number of aromatic nitrogens is 1. The van der Waals surface area contributed by atoms with Crippen LogP contribution in [0, 0.1) is 11.2 Å². The number of amides is 1. The molecule has 1 aliphatic heterocycles. The fourth-order valence-corrected chi connectivity index (χ4v) is 3.90. The van der Waals surface area contributed by atoms with Crippen LogP contribution >= 0.6 is 0 Å². The van der Waals surface area contributed by atoms with Crippen LogP contribution in [0.4, 0.5) is 10.1 Å². The number of carbonyl (C=O) groups excluding carboxylic acids is 1. The minimum absolute atomic E-state index is 0.0168. The molecule has 0 aliphatic carbocycles. The molecule has 7 heteroatoms. The molecule has 1 amide bonds. The molecule has 2 heterocycles. The van der Waals surface area contributed by atoms with Gasteiger partial charge in [-0.2, -0.15) is 0 Å². The number of rotatable bonds is 7. The summed E-state index contributed by atoms with van der Waals surface area (Å²) in [5, 5.41) is 12.1. The summed E-state index contributed by atoms with van der Waals surface area (Å²) in [4.78, 5) is 17.9. The number of anilines is 1. The Labute approximate surface area is 192 Å². The third kappa shape index (κ3) is 5.26. The summed E-state index contributed by atoms with van der Waals surface area (Å²) in [7, 11) is 0. The van der Waals surface area contributed by atoms with Gasteiger partial charge < -0.3 is 15.0 Å². The van der Waals surface area contributed by atoms with Crippen LogP contribution in [0.2, 0.25) is 0 Å². The van der Waals surface area contributed by atoms with Gasteiger partial charge >= 0.3 is 0 Å². The van der Waals surface area contributed by atoms with Crippen LogP contribution in [0.25, 0.3) is 0 Å². The smallest absolute Gasteiger partial charge is 0.246 e. The Morgan fingerprint density at radius 3 is 2.76 bits per heavy atom. The molecule has 6 nitrogen and oxygen atoms in total. The molecule has 1 atom stereocenters. The molecule has 0 bridgehead atoms. The zero-order chi connectivity index (χ0) is 23.2. The molecule has 33 heavy (non-hydrogen) atoms. The number of nitrogens with zero attached hydrogens (tertiary/aromatic N) is 2. The molecule has 1 unspecified atom stereocenters. The summed E-state index contributed by atoms with van der Waals surface area (Å²) in [6.07, 6.45) is 6.25. The van der Waals surface area contributed by atoms with Crippen molar-refractivity contribution in [1.82, 2.24) is 9.88 Å². The minimum Gasteiger partial charge on any atom is -0.457 e. The molecule has 1 saturated heterocycles. The van der Waals surface area contributed by atoms with Crippen LogP contribution < -0.4 is 10.1 Å². The van der Waals surface area contributed by atoms with E-state index in [1.54, 1.807) is 41.6 Å². The Morgan fingerprint density at radius 1 is 1.18 bits per heavy atom. The molecule has 1 fully saturated rings. The van der Waals surface area contributed by atoms with E-state index in [-0.39, 0.29) is 23.2 Å². The molecule has 2 aromatic carbocycles. The first kappa shape index (κ1) is 22.2. The summed E-state index contributed by atoms with van der Waals surface area (Å²) >= 11 is 0. The number of hydrogen-bond donors (Lipinski definition) is 2. The summed E-state index contributed by atoms with van der Waals surface area (Å²) in [5.41, 5.74) is 1.33. The van der Waals surface area contributed by atoms with Crippen LogP contribution in [0.15, 0.2) is 79.6 Å². The average molecular weight is 445 g/mol. The van der Waals surface area contributed by atoms with Crippen molar-refractivity contribution in [3.63, 3.8) is 0 Å². The van der Waals surface area contributed by atoms with E-state index in [1.807, 2.05) is 18.2 Å². The number of benzene rings is 2. The van der Waals surface area contributed by atoms with Gasteiger partial charge in [0, 0.05) is 54.4 Å². The van der Waals surface area contributed by atoms with Crippen molar-refractivity contribution in [2.24, 2.45) is 0 Å². The first-order valence-corrected chi connectivity index (χ1v) is 10.8. The van der Waals surface area contributed by atoms with Crippen molar-refractivity contribution in [2.75, 3.05) is 18.4 Å². The molecule has 1 aromatic heterocycles. The average Bonchev–Trinajstić information content (AvgIpc) is 2.84. The number of ether oxygens (including phenoxy) is 1. The standard InChI is InChI=1S/C26H25FN4O2/c1-2-25(32)31-14-6-7-18(17-31)30-24-12-13-29-16-22(24)26(28)21-11-10-20(15-23(21)27)33-19-8-4-3-5-9-19/h2-5,8-13,15-16,18,28H,1,6-7,14,17H2,(H,29,30). The van der Waals surface area contributed by atoms with Gasteiger partial charge in [-0.05, 0) is 49.2 Å². The quantitative estimate of drug-likeness (QED) is 0.396. The van der Waals surface area contributed by atoms with E-state index < -0.39 is 5.82 Å². The SMILES string of the molecule is C=CC(=O)N1CCCC(Nc2ccncc2C(=N)c2ccc(Oc3ccccc3)cc2F)C1. The molecule has 0 saturated carbocycles. The van der Waals surface area contributed by atoms with Gasteiger partial charge in [0.05, 0.1) is 5.71 Å². The van der Waals surface area contributed by atoms with Gasteiger partial charge in [0.1, 0.15) is 17.3 Å². The molecule has 4 rings (SSSR count). The van der Waals surface area contributed by atoms with E-state index in [0.717, 1.165) is 12.8 Å². The second-order valence-electron chi connectivity index (χ2n) is 7.82. The van der Waals surface area contributed by atoms with Gasteiger partial charge in [-0.1, -0.05) is 24.8 Å². The van der Waals surface area contributed by atoms with E-state index >= 15 is 0 Å². The van der Waals surface area contributed by atoms with Gasteiger partial charge in [-0.15, -0.1) is 0 Å². The zero-order valence-electron chi connectivity index (χ0n) is 18.1. The highest BCUT2D eigenvalue weighted by Gasteiger charge is 2.23. The van der Waals surface area contributed by atoms with Crippen LogP contribution in [0.5, 0.6) is 11.5 Å². The Balaban J connectivity index is 1.52. The number of hydrogen-bond acceptors (Lipinski definition) is 5. The van der Waals surface area contributed by atoms with E-state index in [0.29, 0.717) is 35.8 Å². The third-order valence-electron chi connectivity index (χ3n) is 5.55. The number of pyridine rings is 1. The molecular weight excluding hydrogens is 419 g/mol. The predicted molar refractivity (Wildman–Crippen MR) is 127 cm³/mol. The lowest BCUT2D eigenvalue weighted by Gasteiger charge is -2.33.